The van der Waals surface area contributed by atoms with Gasteiger partial charge in [-0.3, -0.25) is 0 Å². The molecular formula is C20H12N4O3S. The average Bonchev–Trinajstić information content (AvgIpc) is 3.46. The fourth-order valence-electron chi connectivity index (χ4n) is 3.56. The normalized spacial score (nSPS) is 15.2. The maximum atomic E-state index is 9.88. The van der Waals surface area contributed by atoms with Gasteiger partial charge in [-0.05, 0) is 29.6 Å². The second kappa shape index (κ2) is 5.67. The van der Waals surface area contributed by atoms with E-state index in [2.05, 4.69) is 10.1 Å². The van der Waals surface area contributed by atoms with Gasteiger partial charge in [-0.2, -0.15) is 0 Å². The summed E-state index contributed by atoms with van der Waals surface area (Å²) in [4.78, 5) is 10.2. The zero-order valence-electron chi connectivity index (χ0n) is 14.3. The number of furan rings is 1. The van der Waals surface area contributed by atoms with Crippen molar-refractivity contribution >= 4 is 17.0 Å². The minimum atomic E-state index is -0.272. The van der Waals surface area contributed by atoms with Crippen LogP contribution < -0.4 is 4.74 Å². The molecule has 0 fully saturated rings. The molecule has 1 aromatic carbocycles. The first-order valence-electron chi connectivity index (χ1n) is 8.61. The fourth-order valence-corrected chi connectivity index (χ4v) is 4.22. The molecular weight excluding hydrogens is 376 g/mol. The molecule has 4 aromatic heterocycles. The summed E-state index contributed by atoms with van der Waals surface area (Å²) in [5.41, 5.74) is 2.32. The third-order valence-electron chi connectivity index (χ3n) is 4.76. The van der Waals surface area contributed by atoms with E-state index in [0.717, 1.165) is 21.8 Å². The Morgan fingerprint density at radius 1 is 1.14 bits per heavy atom. The second-order valence-electron chi connectivity index (χ2n) is 6.42. The standard InChI is InChI=1S/C20H12N4O3S/c25-11-5-6-12-14(9-11)27-20-17(16(12)13-3-1-7-26-13)19-22-18(15-4-2-8-28-15)23-24(19)10-21-20/h1-10,16,25H/t16-/m1/s1. The quantitative estimate of drug-likeness (QED) is 0.472. The lowest BCUT2D eigenvalue weighted by atomic mass is 9.87. The van der Waals surface area contributed by atoms with Gasteiger partial charge in [-0.15, -0.1) is 16.4 Å². The van der Waals surface area contributed by atoms with Gasteiger partial charge in [-0.1, -0.05) is 12.1 Å². The molecule has 0 aliphatic carbocycles. The Morgan fingerprint density at radius 2 is 2.11 bits per heavy atom. The number of rotatable bonds is 2. The molecule has 1 aliphatic heterocycles. The molecule has 6 rings (SSSR count). The maximum Gasteiger partial charge on any atom is 0.228 e. The van der Waals surface area contributed by atoms with Crippen molar-refractivity contribution in [1.82, 2.24) is 19.6 Å². The highest BCUT2D eigenvalue weighted by Crippen LogP contribution is 2.48. The van der Waals surface area contributed by atoms with Crippen LogP contribution >= 0.6 is 11.3 Å². The number of ether oxygens (including phenoxy) is 1. The lowest BCUT2D eigenvalue weighted by molar-refractivity contribution is 0.409. The third kappa shape index (κ3) is 2.18. The van der Waals surface area contributed by atoms with Crippen molar-refractivity contribution < 1.29 is 14.3 Å². The molecule has 0 bridgehead atoms. The van der Waals surface area contributed by atoms with Gasteiger partial charge in [0.2, 0.25) is 5.88 Å². The van der Waals surface area contributed by atoms with E-state index in [-0.39, 0.29) is 11.7 Å². The zero-order valence-corrected chi connectivity index (χ0v) is 15.1. The van der Waals surface area contributed by atoms with Crippen LogP contribution in [0.15, 0.2) is 64.9 Å². The van der Waals surface area contributed by atoms with Crippen LogP contribution in [0.5, 0.6) is 17.4 Å². The number of nitrogens with zero attached hydrogens (tertiary/aromatic N) is 4. The summed E-state index contributed by atoms with van der Waals surface area (Å²) < 4.78 is 13.4. The predicted octanol–water partition coefficient (Wildman–Crippen LogP) is 4.44. The SMILES string of the molecule is Oc1ccc2c(c1)Oc1ncn3nc(-c4cccs4)nc3c1[C@H]2c1ccco1. The van der Waals surface area contributed by atoms with E-state index in [1.165, 1.54) is 0 Å². The van der Waals surface area contributed by atoms with Crippen molar-refractivity contribution in [3.05, 3.63) is 77.3 Å². The summed E-state index contributed by atoms with van der Waals surface area (Å²) in [5, 5.41) is 16.5. The van der Waals surface area contributed by atoms with Gasteiger partial charge in [0.15, 0.2) is 11.5 Å². The Kier molecular flexibility index (Phi) is 3.12. The monoisotopic (exact) mass is 388 g/mol. The highest BCUT2D eigenvalue weighted by Gasteiger charge is 2.35. The van der Waals surface area contributed by atoms with Crippen LogP contribution in [-0.4, -0.2) is 24.7 Å². The molecule has 1 aliphatic rings. The van der Waals surface area contributed by atoms with E-state index in [1.54, 1.807) is 40.6 Å². The zero-order chi connectivity index (χ0) is 18.7. The first kappa shape index (κ1) is 15.4. The predicted molar refractivity (Wildman–Crippen MR) is 102 cm³/mol. The lowest BCUT2D eigenvalue weighted by Gasteiger charge is -2.26. The molecule has 8 heteroatoms. The van der Waals surface area contributed by atoms with Crippen LogP contribution in [0.4, 0.5) is 0 Å². The molecule has 7 nitrogen and oxygen atoms in total. The highest BCUT2D eigenvalue weighted by molar-refractivity contribution is 7.13. The summed E-state index contributed by atoms with van der Waals surface area (Å²) in [5.74, 6) is 2.21. The Hall–Kier alpha value is -3.65. The first-order chi connectivity index (χ1) is 13.8. The summed E-state index contributed by atoms with van der Waals surface area (Å²) in [7, 11) is 0. The van der Waals surface area contributed by atoms with Gasteiger partial charge >= 0.3 is 0 Å². The van der Waals surface area contributed by atoms with Crippen molar-refractivity contribution in [2.45, 2.75) is 5.92 Å². The Balaban J connectivity index is 1.64. The van der Waals surface area contributed by atoms with Crippen LogP contribution in [0, 0.1) is 0 Å². The number of phenolic OH excluding ortho intramolecular Hbond substituents is 1. The minimum absolute atomic E-state index is 0.129. The van der Waals surface area contributed by atoms with Crippen LogP contribution in [0.2, 0.25) is 0 Å². The van der Waals surface area contributed by atoms with Gasteiger partial charge in [0.1, 0.15) is 23.6 Å². The number of aromatic hydroxyl groups is 1. The number of benzene rings is 1. The number of aromatic nitrogens is 4. The van der Waals surface area contributed by atoms with Crippen LogP contribution in [0.1, 0.15) is 22.8 Å². The summed E-state index contributed by atoms with van der Waals surface area (Å²) in [6.07, 6.45) is 3.23. The molecule has 0 saturated carbocycles. The first-order valence-corrected chi connectivity index (χ1v) is 9.49. The molecule has 5 heterocycles. The van der Waals surface area contributed by atoms with E-state index in [9.17, 15) is 5.11 Å². The summed E-state index contributed by atoms with van der Waals surface area (Å²) in [6.45, 7) is 0. The maximum absolute atomic E-state index is 9.88. The molecule has 5 aromatic rings. The average molecular weight is 388 g/mol. The van der Waals surface area contributed by atoms with Crippen molar-refractivity contribution in [2.75, 3.05) is 0 Å². The fraction of sp³-hybridized carbons (Fsp3) is 0.0500. The molecule has 1 atom stereocenters. The second-order valence-corrected chi connectivity index (χ2v) is 7.36. The number of thiophene rings is 1. The van der Waals surface area contributed by atoms with Crippen LogP contribution in [-0.2, 0) is 0 Å². The third-order valence-corrected chi connectivity index (χ3v) is 5.63. The topological polar surface area (TPSA) is 85.7 Å². The van der Waals surface area contributed by atoms with Crippen molar-refractivity contribution in [1.29, 1.82) is 0 Å². The molecule has 1 N–H and O–H groups in total. The molecule has 0 spiro atoms. The number of fused-ring (bicyclic) bond motifs is 4. The van der Waals surface area contributed by atoms with Gasteiger partial charge in [0, 0.05) is 11.6 Å². The number of hydrogen-bond acceptors (Lipinski definition) is 7. The Bertz CT molecular complexity index is 1310. The van der Waals surface area contributed by atoms with Crippen molar-refractivity contribution in [2.24, 2.45) is 0 Å². The van der Waals surface area contributed by atoms with Crippen molar-refractivity contribution in [3.63, 3.8) is 0 Å². The van der Waals surface area contributed by atoms with E-state index in [0.29, 0.717) is 23.1 Å². The largest absolute Gasteiger partial charge is 0.508 e. The van der Waals surface area contributed by atoms with E-state index in [4.69, 9.17) is 14.1 Å². The van der Waals surface area contributed by atoms with Crippen LogP contribution in [0.25, 0.3) is 16.3 Å². The molecule has 0 saturated heterocycles. The van der Waals surface area contributed by atoms with Gasteiger partial charge < -0.3 is 14.3 Å². The molecule has 0 amide bonds. The lowest BCUT2D eigenvalue weighted by Crippen LogP contribution is -2.14. The number of phenols is 1. The van der Waals surface area contributed by atoms with Gasteiger partial charge in [-0.25, -0.2) is 14.5 Å². The summed E-state index contributed by atoms with van der Waals surface area (Å²) >= 11 is 1.58. The Labute approximate surface area is 162 Å². The molecule has 28 heavy (non-hydrogen) atoms. The highest BCUT2D eigenvalue weighted by atomic mass is 32.1. The smallest absolute Gasteiger partial charge is 0.228 e. The molecule has 136 valence electrons. The molecule has 0 radical (unpaired) electrons. The van der Waals surface area contributed by atoms with E-state index < -0.39 is 0 Å². The van der Waals surface area contributed by atoms with E-state index in [1.807, 2.05) is 35.7 Å². The molecule has 0 unspecified atom stereocenters. The van der Waals surface area contributed by atoms with Gasteiger partial charge in [0.05, 0.1) is 22.6 Å². The van der Waals surface area contributed by atoms with Crippen LogP contribution in [0.3, 0.4) is 0 Å². The van der Waals surface area contributed by atoms with Crippen molar-refractivity contribution in [3.8, 4) is 28.1 Å². The van der Waals surface area contributed by atoms with Gasteiger partial charge in [0.25, 0.3) is 0 Å². The Morgan fingerprint density at radius 3 is 2.93 bits per heavy atom. The summed E-state index contributed by atoms with van der Waals surface area (Å²) in [6, 6.07) is 12.8. The number of hydrogen-bond donors (Lipinski definition) is 1. The van der Waals surface area contributed by atoms with E-state index >= 15 is 0 Å². The minimum Gasteiger partial charge on any atom is -0.508 e.